The lowest BCUT2D eigenvalue weighted by molar-refractivity contribution is -0.128. The molecule has 0 aromatic heterocycles. The van der Waals surface area contributed by atoms with Gasteiger partial charge in [0, 0.05) is 23.2 Å². The molecule has 1 rings (SSSR count). The van der Waals surface area contributed by atoms with E-state index in [0.29, 0.717) is 10.8 Å². The molecule has 1 unspecified atom stereocenters. The highest BCUT2D eigenvalue weighted by atomic mass is 35.5. The van der Waals surface area contributed by atoms with Gasteiger partial charge in [0.25, 0.3) is 5.91 Å². The standard InChI is InChI=1S/C15H23ClN2O2/c1-4-11(5-2)18-15(19)10(3)20-14-8-6-7-13(16)12(14)9-17/h6-8,10-11H,4-5,9,17H2,1-3H3,(H,18,19). The van der Waals surface area contributed by atoms with Crippen molar-refractivity contribution in [3.63, 3.8) is 0 Å². The smallest absolute Gasteiger partial charge is 0.260 e. The number of benzene rings is 1. The highest BCUT2D eigenvalue weighted by Crippen LogP contribution is 2.26. The molecule has 1 amide bonds. The Morgan fingerprint density at radius 2 is 2.05 bits per heavy atom. The SMILES string of the molecule is CCC(CC)NC(=O)C(C)Oc1cccc(Cl)c1CN. The third-order valence-corrected chi connectivity index (χ3v) is 3.64. The fourth-order valence-electron chi connectivity index (χ4n) is 1.90. The van der Waals surface area contributed by atoms with E-state index in [0.717, 1.165) is 18.4 Å². The molecule has 0 saturated carbocycles. The Balaban J connectivity index is 2.73. The summed E-state index contributed by atoms with van der Waals surface area (Å²) in [7, 11) is 0. The Kier molecular flexibility index (Phi) is 6.82. The third kappa shape index (κ3) is 4.39. The Morgan fingerprint density at radius 1 is 1.40 bits per heavy atom. The van der Waals surface area contributed by atoms with Gasteiger partial charge < -0.3 is 15.8 Å². The highest BCUT2D eigenvalue weighted by molar-refractivity contribution is 6.31. The van der Waals surface area contributed by atoms with Crippen LogP contribution in [-0.4, -0.2) is 18.1 Å². The van der Waals surface area contributed by atoms with Gasteiger partial charge in [0.1, 0.15) is 5.75 Å². The fourth-order valence-corrected chi connectivity index (χ4v) is 2.15. The molecule has 4 nitrogen and oxygen atoms in total. The lowest BCUT2D eigenvalue weighted by Gasteiger charge is -2.20. The van der Waals surface area contributed by atoms with Crippen LogP contribution in [0.4, 0.5) is 0 Å². The Hall–Kier alpha value is -1.26. The van der Waals surface area contributed by atoms with Crippen LogP contribution in [0.1, 0.15) is 39.2 Å². The number of nitrogens with two attached hydrogens (primary N) is 1. The van der Waals surface area contributed by atoms with Gasteiger partial charge in [-0.3, -0.25) is 4.79 Å². The normalized spacial score (nSPS) is 12.3. The number of carbonyl (C=O) groups excluding carboxylic acids is 1. The van der Waals surface area contributed by atoms with Gasteiger partial charge in [-0.25, -0.2) is 0 Å². The highest BCUT2D eigenvalue weighted by Gasteiger charge is 2.19. The van der Waals surface area contributed by atoms with Crippen molar-refractivity contribution in [1.29, 1.82) is 0 Å². The zero-order valence-corrected chi connectivity index (χ0v) is 13.0. The van der Waals surface area contributed by atoms with E-state index in [1.807, 2.05) is 13.8 Å². The maximum Gasteiger partial charge on any atom is 0.260 e. The second kappa shape index (κ2) is 8.12. The van der Waals surface area contributed by atoms with Crippen LogP contribution in [0, 0.1) is 0 Å². The van der Waals surface area contributed by atoms with Crippen LogP contribution in [0.2, 0.25) is 5.02 Å². The van der Waals surface area contributed by atoms with Crippen LogP contribution in [-0.2, 0) is 11.3 Å². The first kappa shape index (κ1) is 16.8. The van der Waals surface area contributed by atoms with Crippen molar-refractivity contribution in [2.75, 3.05) is 0 Å². The van der Waals surface area contributed by atoms with Gasteiger partial charge in [-0.15, -0.1) is 0 Å². The van der Waals surface area contributed by atoms with E-state index in [-0.39, 0.29) is 18.5 Å². The number of rotatable bonds is 7. The van der Waals surface area contributed by atoms with Crippen LogP contribution in [0.25, 0.3) is 0 Å². The summed E-state index contributed by atoms with van der Waals surface area (Å²) in [6.45, 7) is 6.09. The van der Waals surface area contributed by atoms with Crippen molar-refractivity contribution in [1.82, 2.24) is 5.32 Å². The summed E-state index contributed by atoms with van der Waals surface area (Å²) in [5, 5.41) is 3.51. The van der Waals surface area contributed by atoms with Crippen molar-refractivity contribution in [2.45, 2.75) is 52.3 Å². The molecule has 3 N–H and O–H groups in total. The molecule has 20 heavy (non-hydrogen) atoms. The first-order chi connectivity index (χ1) is 9.53. The lowest BCUT2D eigenvalue weighted by atomic mass is 10.1. The zero-order chi connectivity index (χ0) is 15.1. The number of carbonyl (C=O) groups is 1. The summed E-state index contributed by atoms with van der Waals surface area (Å²) in [5.41, 5.74) is 6.38. The molecular formula is C15H23ClN2O2. The lowest BCUT2D eigenvalue weighted by Crippen LogP contribution is -2.42. The first-order valence-electron chi connectivity index (χ1n) is 6.97. The summed E-state index contributed by atoms with van der Waals surface area (Å²) in [4.78, 5) is 12.1. The minimum atomic E-state index is -0.584. The van der Waals surface area contributed by atoms with Crippen LogP contribution in [0.5, 0.6) is 5.75 Å². The molecule has 0 aliphatic heterocycles. The third-order valence-electron chi connectivity index (χ3n) is 3.28. The number of hydrogen-bond acceptors (Lipinski definition) is 3. The second-order valence-electron chi connectivity index (χ2n) is 4.70. The number of hydrogen-bond donors (Lipinski definition) is 2. The van der Waals surface area contributed by atoms with Gasteiger partial charge in [0.2, 0.25) is 0 Å². The molecule has 0 aliphatic rings. The van der Waals surface area contributed by atoms with Crippen LogP contribution in [0.3, 0.4) is 0 Å². The molecule has 1 aromatic rings. The summed E-state index contributed by atoms with van der Waals surface area (Å²) in [5.74, 6) is 0.439. The molecule has 0 bridgehead atoms. The van der Waals surface area contributed by atoms with Crippen molar-refractivity contribution < 1.29 is 9.53 Å². The summed E-state index contributed by atoms with van der Waals surface area (Å²) >= 11 is 6.06. The minimum Gasteiger partial charge on any atom is -0.481 e. The van der Waals surface area contributed by atoms with E-state index in [1.54, 1.807) is 25.1 Å². The van der Waals surface area contributed by atoms with Crippen molar-refractivity contribution in [3.05, 3.63) is 28.8 Å². The molecule has 1 atom stereocenters. The van der Waals surface area contributed by atoms with Gasteiger partial charge in [-0.05, 0) is 31.9 Å². The number of nitrogens with one attached hydrogen (secondary N) is 1. The van der Waals surface area contributed by atoms with E-state index >= 15 is 0 Å². The maximum absolute atomic E-state index is 12.1. The maximum atomic E-state index is 12.1. The molecule has 0 heterocycles. The topological polar surface area (TPSA) is 64.3 Å². The Labute approximate surface area is 125 Å². The quantitative estimate of drug-likeness (QED) is 0.813. The van der Waals surface area contributed by atoms with Gasteiger partial charge in [-0.1, -0.05) is 31.5 Å². The molecular weight excluding hydrogens is 276 g/mol. The Morgan fingerprint density at radius 3 is 2.60 bits per heavy atom. The number of halogens is 1. The molecule has 0 fully saturated rings. The second-order valence-corrected chi connectivity index (χ2v) is 5.11. The number of ether oxygens (including phenoxy) is 1. The molecule has 0 radical (unpaired) electrons. The summed E-state index contributed by atoms with van der Waals surface area (Å²) in [6, 6.07) is 5.49. The molecule has 112 valence electrons. The van der Waals surface area contributed by atoms with Crippen LogP contribution >= 0.6 is 11.6 Å². The molecule has 0 spiro atoms. The molecule has 5 heteroatoms. The van der Waals surface area contributed by atoms with Crippen molar-refractivity contribution in [2.24, 2.45) is 5.73 Å². The fraction of sp³-hybridized carbons (Fsp3) is 0.533. The predicted octanol–water partition coefficient (Wildman–Crippen LogP) is 2.87. The van der Waals surface area contributed by atoms with E-state index in [2.05, 4.69) is 5.32 Å². The van der Waals surface area contributed by atoms with Gasteiger partial charge in [0.15, 0.2) is 6.10 Å². The van der Waals surface area contributed by atoms with Crippen molar-refractivity contribution in [3.8, 4) is 5.75 Å². The monoisotopic (exact) mass is 298 g/mol. The van der Waals surface area contributed by atoms with Gasteiger partial charge in [-0.2, -0.15) is 0 Å². The molecule has 0 aliphatic carbocycles. The van der Waals surface area contributed by atoms with Crippen molar-refractivity contribution >= 4 is 17.5 Å². The van der Waals surface area contributed by atoms with E-state index in [1.165, 1.54) is 0 Å². The van der Waals surface area contributed by atoms with Gasteiger partial charge >= 0.3 is 0 Å². The van der Waals surface area contributed by atoms with Crippen LogP contribution < -0.4 is 15.8 Å². The minimum absolute atomic E-state index is 0.123. The van der Waals surface area contributed by atoms with Crippen LogP contribution in [0.15, 0.2) is 18.2 Å². The average Bonchev–Trinajstić information content (AvgIpc) is 2.44. The van der Waals surface area contributed by atoms with E-state index in [9.17, 15) is 4.79 Å². The molecule has 0 saturated heterocycles. The average molecular weight is 299 g/mol. The summed E-state index contributed by atoms with van der Waals surface area (Å²) in [6.07, 6.45) is 1.22. The largest absolute Gasteiger partial charge is 0.481 e. The van der Waals surface area contributed by atoms with E-state index < -0.39 is 6.10 Å². The predicted molar refractivity (Wildman–Crippen MR) is 81.9 cm³/mol. The first-order valence-corrected chi connectivity index (χ1v) is 7.35. The zero-order valence-electron chi connectivity index (χ0n) is 12.3. The summed E-state index contributed by atoms with van der Waals surface area (Å²) < 4.78 is 5.69. The number of amides is 1. The van der Waals surface area contributed by atoms with E-state index in [4.69, 9.17) is 22.1 Å². The molecule has 1 aromatic carbocycles. The Bertz CT molecular complexity index is 447. The van der Waals surface area contributed by atoms with Gasteiger partial charge in [0.05, 0.1) is 0 Å².